The molecule has 3 heteroatoms. The predicted octanol–water partition coefficient (Wildman–Crippen LogP) is 3.50. The fraction of sp³-hybridized carbons (Fsp3) is 0.500. The number of rotatable bonds is 6. The van der Waals surface area contributed by atoms with Crippen molar-refractivity contribution >= 4 is 5.71 Å². The fourth-order valence-corrected chi connectivity index (χ4v) is 1.39. The summed E-state index contributed by atoms with van der Waals surface area (Å²) < 4.78 is 5.61. The van der Waals surface area contributed by atoms with E-state index in [1.807, 2.05) is 19.1 Å². The first-order valence-corrected chi connectivity index (χ1v) is 6.01. The van der Waals surface area contributed by atoms with Crippen LogP contribution in [0.25, 0.3) is 0 Å². The van der Waals surface area contributed by atoms with Crippen LogP contribution in [0.1, 0.15) is 32.8 Å². The maximum Gasteiger partial charge on any atom is 0.119 e. The van der Waals surface area contributed by atoms with Crippen LogP contribution < -0.4 is 4.74 Å². The second kappa shape index (κ2) is 6.94. The summed E-state index contributed by atoms with van der Waals surface area (Å²) in [7, 11) is 0. The quantitative estimate of drug-likeness (QED) is 0.466. The summed E-state index contributed by atoms with van der Waals surface area (Å²) >= 11 is 0. The summed E-state index contributed by atoms with van der Waals surface area (Å²) in [5.74, 6) is 1.45. The Hall–Kier alpha value is -1.51. The largest absolute Gasteiger partial charge is 0.493 e. The van der Waals surface area contributed by atoms with Crippen LogP contribution in [0.3, 0.4) is 0 Å². The van der Waals surface area contributed by atoms with Crippen molar-refractivity contribution in [3.8, 4) is 5.75 Å². The Balaban J connectivity index is 2.44. The minimum atomic E-state index is 0.540. The van der Waals surface area contributed by atoms with E-state index in [0.29, 0.717) is 5.92 Å². The van der Waals surface area contributed by atoms with Crippen LogP contribution in [0.2, 0.25) is 0 Å². The molecule has 0 aromatic heterocycles. The van der Waals surface area contributed by atoms with Gasteiger partial charge in [-0.05, 0) is 43.4 Å². The van der Waals surface area contributed by atoms with E-state index in [2.05, 4.69) is 31.1 Å². The molecule has 1 rings (SSSR count). The van der Waals surface area contributed by atoms with Crippen molar-refractivity contribution in [1.29, 1.82) is 0 Å². The van der Waals surface area contributed by atoms with Crippen LogP contribution in [-0.2, 0) is 6.42 Å². The van der Waals surface area contributed by atoms with Gasteiger partial charge in [0, 0.05) is 0 Å². The maximum absolute atomic E-state index is 8.55. The molecule has 0 bridgehead atoms. The van der Waals surface area contributed by atoms with E-state index in [1.165, 1.54) is 5.56 Å². The van der Waals surface area contributed by atoms with E-state index in [1.54, 1.807) is 0 Å². The molecule has 0 amide bonds. The SMILES string of the molecule is C/C(CCc1ccc(OCC(C)C)cc1)=N\O. The fourth-order valence-electron chi connectivity index (χ4n) is 1.39. The van der Waals surface area contributed by atoms with Crippen LogP contribution >= 0.6 is 0 Å². The molecule has 0 aliphatic heterocycles. The van der Waals surface area contributed by atoms with Gasteiger partial charge in [-0.25, -0.2) is 0 Å². The van der Waals surface area contributed by atoms with Crippen molar-refractivity contribution in [2.75, 3.05) is 6.61 Å². The Morgan fingerprint density at radius 3 is 2.47 bits per heavy atom. The Kier molecular flexibility index (Phi) is 5.53. The second-order valence-corrected chi connectivity index (χ2v) is 4.68. The average molecular weight is 235 g/mol. The normalized spacial score (nSPS) is 11.9. The van der Waals surface area contributed by atoms with Gasteiger partial charge in [-0.3, -0.25) is 0 Å². The number of hydrogen-bond donors (Lipinski definition) is 1. The standard InChI is InChI=1S/C14H21NO2/c1-11(2)10-17-14-8-6-13(7-9-14)5-4-12(3)15-16/h6-9,11,16H,4-5,10H2,1-3H3/b15-12+. The number of ether oxygens (including phenoxy) is 1. The molecule has 0 heterocycles. The lowest BCUT2D eigenvalue weighted by molar-refractivity contribution is 0.271. The first-order valence-electron chi connectivity index (χ1n) is 6.01. The first kappa shape index (κ1) is 13.6. The van der Waals surface area contributed by atoms with E-state index < -0.39 is 0 Å². The molecule has 94 valence electrons. The number of oxime groups is 1. The molecule has 1 N–H and O–H groups in total. The third-order valence-corrected chi connectivity index (χ3v) is 2.45. The molecule has 0 radical (unpaired) electrons. The van der Waals surface area contributed by atoms with E-state index in [-0.39, 0.29) is 0 Å². The summed E-state index contributed by atoms with van der Waals surface area (Å²) in [5.41, 5.74) is 1.98. The molecular weight excluding hydrogens is 214 g/mol. The highest BCUT2D eigenvalue weighted by atomic mass is 16.5. The van der Waals surface area contributed by atoms with Gasteiger partial charge in [0.15, 0.2) is 0 Å². The number of benzene rings is 1. The highest BCUT2D eigenvalue weighted by Gasteiger charge is 1.99. The van der Waals surface area contributed by atoms with Gasteiger partial charge in [0.05, 0.1) is 12.3 Å². The monoisotopic (exact) mass is 235 g/mol. The molecule has 0 atom stereocenters. The molecule has 1 aromatic carbocycles. The van der Waals surface area contributed by atoms with Crippen molar-refractivity contribution in [1.82, 2.24) is 0 Å². The lowest BCUT2D eigenvalue weighted by Gasteiger charge is -2.09. The molecule has 0 saturated carbocycles. The Morgan fingerprint density at radius 1 is 1.29 bits per heavy atom. The summed E-state index contributed by atoms with van der Waals surface area (Å²) in [6.07, 6.45) is 1.67. The van der Waals surface area contributed by atoms with Crippen molar-refractivity contribution in [3.05, 3.63) is 29.8 Å². The molecule has 0 saturated heterocycles. The first-order chi connectivity index (χ1) is 8.11. The van der Waals surface area contributed by atoms with Gasteiger partial charge in [0.1, 0.15) is 5.75 Å². The zero-order valence-electron chi connectivity index (χ0n) is 10.8. The van der Waals surface area contributed by atoms with Crippen LogP contribution in [0.15, 0.2) is 29.4 Å². The van der Waals surface area contributed by atoms with Crippen LogP contribution in [0, 0.1) is 5.92 Å². The predicted molar refractivity (Wildman–Crippen MR) is 70.0 cm³/mol. The average Bonchev–Trinajstić information content (AvgIpc) is 2.34. The minimum Gasteiger partial charge on any atom is -0.493 e. The smallest absolute Gasteiger partial charge is 0.119 e. The van der Waals surface area contributed by atoms with Gasteiger partial charge in [0.2, 0.25) is 0 Å². The molecule has 0 aliphatic carbocycles. The lowest BCUT2D eigenvalue weighted by Crippen LogP contribution is -2.04. The summed E-state index contributed by atoms with van der Waals surface area (Å²) in [4.78, 5) is 0. The second-order valence-electron chi connectivity index (χ2n) is 4.68. The summed E-state index contributed by atoms with van der Waals surface area (Å²) in [5, 5.41) is 11.7. The zero-order chi connectivity index (χ0) is 12.7. The zero-order valence-corrected chi connectivity index (χ0v) is 10.8. The van der Waals surface area contributed by atoms with E-state index in [0.717, 1.165) is 30.9 Å². The number of nitrogens with zero attached hydrogens (tertiary/aromatic N) is 1. The number of hydrogen-bond acceptors (Lipinski definition) is 3. The maximum atomic E-state index is 8.55. The van der Waals surface area contributed by atoms with Gasteiger partial charge in [-0.2, -0.15) is 0 Å². The van der Waals surface area contributed by atoms with E-state index >= 15 is 0 Å². The van der Waals surface area contributed by atoms with Crippen molar-refractivity contribution < 1.29 is 9.94 Å². The van der Waals surface area contributed by atoms with E-state index in [4.69, 9.17) is 9.94 Å². The molecule has 0 spiro atoms. The van der Waals surface area contributed by atoms with Crippen LogP contribution in [0.5, 0.6) is 5.75 Å². The topological polar surface area (TPSA) is 41.8 Å². The number of aryl methyl sites for hydroxylation is 1. The van der Waals surface area contributed by atoms with Crippen molar-refractivity contribution in [2.45, 2.75) is 33.6 Å². The molecule has 0 fully saturated rings. The Labute approximate surface area is 103 Å². The van der Waals surface area contributed by atoms with Crippen molar-refractivity contribution in [3.63, 3.8) is 0 Å². The molecular formula is C14H21NO2. The van der Waals surface area contributed by atoms with Crippen LogP contribution in [0.4, 0.5) is 0 Å². The molecule has 0 aliphatic rings. The Bertz CT molecular complexity index is 355. The van der Waals surface area contributed by atoms with Gasteiger partial charge in [-0.15, -0.1) is 0 Å². The van der Waals surface area contributed by atoms with Gasteiger partial charge < -0.3 is 9.94 Å². The van der Waals surface area contributed by atoms with Crippen LogP contribution in [-0.4, -0.2) is 17.5 Å². The minimum absolute atomic E-state index is 0.540. The highest BCUT2D eigenvalue weighted by Crippen LogP contribution is 2.14. The molecule has 0 unspecified atom stereocenters. The summed E-state index contributed by atoms with van der Waals surface area (Å²) in [6, 6.07) is 8.09. The van der Waals surface area contributed by atoms with Gasteiger partial charge in [0.25, 0.3) is 0 Å². The molecule has 3 nitrogen and oxygen atoms in total. The Morgan fingerprint density at radius 2 is 1.94 bits per heavy atom. The highest BCUT2D eigenvalue weighted by molar-refractivity contribution is 5.81. The molecule has 17 heavy (non-hydrogen) atoms. The van der Waals surface area contributed by atoms with Gasteiger partial charge in [-0.1, -0.05) is 31.1 Å². The lowest BCUT2D eigenvalue weighted by atomic mass is 10.1. The third-order valence-electron chi connectivity index (χ3n) is 2.45. The summed E-state index contributed by atoms with van der Waals surface area (Å²) in [6.45, 7) is 6.83. The molecule has 1 aromatic rings. The van der Waals surface area contributed by atoms with Crippen molar-refractivity contribution in [2.24, 2.45) is 11.1 Å². The van der Waals surface area contributed by atoms with Gasteiger partial charge >= 0.3 is 0 Å². The third kappa shape index (κ3) is 5.38. The van der Waals surface area contributed by atoms with E-state index in [9.17, 15) is 0 Å².